The van der Waals surface area contributed by atoms with Gasteiger partial charge in [0.2, 0.25) is 15.9 Å². The monoisotopic (exact) mass is 340 g/mol. The largest absolute Gasteiger partial charge is 0.324 e. The van der Waals surface area contributed by atoms with Gasteiger partial charge in [-0.3, -0.25) is 4.79 Å². The van der Waals surface area contributed by atoms with Gasteiger partial charge in [0.05, 0.1) is 15.8 Å². The quantitative estimate of drug-likeness (QED) is 0.887. The number of carbonyl (C=O) groups is 1. The fourth-order valence-corrected chi connectivity index (χ4v) is 5.12. The van der Waals surface area contributed by atoms with Crippen LogP contribution in [0.1, 0.15) is 39.0 Å². The molecule has 1 aliphatic carbocycles. The Hall–Kier alpha value is -1.05. The van der Waals surface area contributed by atoms with Crippen LogP contribution in [0.2, 0.25) is 0 Å². The Morgan fingerprint density at radius 3 is 2.68 bits per heavy atom. The Morgan fingerprint density at radius 1 is 1.23 bits per heavy atom. The summed E-state index contributed by atoms with van der Waals surface area (Å²) in [4.78, 5) is 12.9. The summed E-state index contributed by atoms with van der Waals surface area (Å²) in [5.41, 5.74) is 0.583. The molecular weight excluding hydrogens is 320 g/mol. The van der Waals surface area contributed by atoms with Crippen molar-refractivity contribution in [1.29, 1.82) is 0 Å². The Bertz CT molecular complexity index is 682. The summed E-state index contributed by atoms with van der Waals surface area (Å²) in [6.45, 7) is 1.83. The summed E-state index contributed by atoms with van der Waals surface area (Å²) >= 11 is 1.45. The molecule has 5 nitrogen and oxygen atoms in total. The third kappa shape index (κ3) is 3.31. The van der Waals surface area contributed by atoms with Crippen molar-refractivity contribution in [2.45, 2.75) is 60.1 Å². The fourth-order valence-electron chi connectivity index (χ4n) is 2.86. The van der Waals surface area contributed by atoms with Crippen molar-refractivity contribution < 1.29 is 13.2 Å². The second-order valence-electron chi connectivity index (χ2n) is 5.86. The number of nitrogens with one attached hydrogen (secondary N) is 2. The van der Waals surface area contributed by atoms with E-state index in [9.17, 15) is 13.2 Å². The van der Waals surface area contributed by atoms with Gasteiger partial charge in [-0.25, -0.2) is 13.1 Å². The first kappa shape index (κ1) is 15.8. The molecule has 1 heterocycles. The molecular formula is C15H20N2O3S2. The molecule has 1 unspecified atom stereocenters. The van der Waals surface area contributed by atoms with Crippen molar-refractivity contribution >= 4 is 33.4 Å². The van der Waals surface area contributed by atoms with Crippen LogP contribution in [-0.2, 0) is 14.8 Å². The van der Waals surface area contributed by atoms with Crippen molar-refractivity contribution in [1.82, 2.24) is 4.72 Å². The topological polar surface area (TPSA) is 75.3 Å². The number of thioether (sulfide) groups is 1. The molecule has 1 atom stereocenters. The Labute approximate surface area is 135 Å². The minimum Gasteiger partial charge on any atom is -0.324 e. The molecule has 2 aliphatic rings. The summed E-state index contributed by atoms with van der Waals surface area (Å²) < 4.78 is 27.8. The molecule has 3 rings (SSSR count). The van der Waals surface area contributed by atoms with E-state index in [-0.39, 0.29) is 22.1 Å². The third-order valence-corrected chi connectivity index (χ3v) is 6.81. The molecule has 0 spiro atoms. The maximum absolute atomic E-state index is 12.5. The lowest BCUT2D eigenvalue weighted by molar-refractivity contribution is -0.115. The smallest absolute Gasteiger partial charge is 0.240 e. The molecule has 0 saturated heterocycles. The van der Waals surface area contributed by atoms with Gasteiger partial charge in [-0.1, -0.05) is 19.3 Å². The zero-order chi connectivity index (χ0) is 15.7. The van der Waals surface area contributed by atoms with Gasteiger partial charge in [0.1, 0.15) is 0 Å². The minimum atomic E-state index is -3.53. The number of sulfonamides is 1. The molecule has 0 radical (unpaired) electrons. The molecule has 0 bridgehead atoms. The van der Waals surface area contributed by atoms with Crippen LogP contribution in [0, 0.1) is 0 Å². The lowest BCUT2D eigenvalue weighted by atomic mass is 9.96. The highest BCUT2D eigenvalue weighted by Gasteiger charge is 2.26. The van der Waals surface area contributed by atoms with Gasteiger partial charge in [-0.15, -0.1) is 11.8 Å². The molecule has 1 aromatic carbocycles. The summed E-state index contributed by atoms with van der Waals surface area (Å²) in [7, 11) is -3.53. The SMILES string of the molecule is CC1Sc2ccc(S(=O)(=O)NC3CCCCC3)cc2NC1=O. The van der Waals surface area contributed by atoms with Crippen LogP contribution in [0.3, 0.4) is 0 Å². The van der Waals surface area contributed by atoms with Gasteiger partial charge in [-0.05, 0) is 38.0 Å². The minimum absolute atomic E-state index is 0.0266. The zero-order valence-corrected chi connectivity index (χ0v) is 14.1. The molecule has 1 amide bonds. The first-order valence-electron chi connectivity index (χ1n) is 7.59. The van der Waals surface area contributed by atoms with Gasteiger partial charge in [-0.2, -0.15) is 0 Å². The van der Waals surface area contributed by atoms with Gasteiger partial charge in [0, 0.05) is 10.9 Å². The van der Waals surface area contributed by atoms with Gasteiger partial charge < -0.3 is 5.32 Å². The molecule has 1 aliphatic heterocycles. The normalized spacial score (nSPS) is 23.0. The van der Waals surface area contributed by atoms with Gasteiger partial charge in [0.25, 0.3) is 0 Å². The van der Waals surface area contributed by atoms with Crippen LogP contribution in [0.25, 0.3) is 0 Å². The van der Waals surface area contributed by atoms with Gasteiger partial charge in [0.15, 0.2) is 0 Å². The van der Waals surface area contributed by atoms with E-state index in [1.165, 1.54) is 18.2 Å². The molecule has 1 saturated carbocycles. The van der Waals surface area contributed by atoms with Crippen molar-refractivity contribution in [3.8, 4) is 0 Å². The van der Waals surface area contributed by atoms with Crippen molar-refractivity contribution in [3.63, 3.8) is 0 Å². The number of anilines is 1. The van der Waals surface area contributed by atoms with E-state index in [1.54, 1.807) is 18.2 Å². The first-order chi connectivity index (χ1) is 10.5. The second kappa shape index (κ2) is 6.22. The molecule has 2 N–H and O–H groups in total. The maximum atomic E-state index is 12.5. The highest BCUT2D eigenvalue weighted by atomic mass is 32.2. The fraction of sp³-hybridized carbons (Fsp3) is 0.533. The molecule has 7 heteroatoms. The number of fused-ring (bicyclic) bond motifs is 1. The average Bonchev–Trinajstić information content (AvgIpc) is 2.48. The summed E-state index contributed by atoms with van der Waals surface area (Å²) in [6.07, 6.45) is 5.12. The molecule has 22 heavy (non-hydrogen) atoms. The summed E-state index contributed by atoms with van der Waals surface area (Å²) in [5, 5.41) is 2.62. The van der Waals surface area contributed by atoms with Crippen LogP contribution >= 0.6 is 11.8 Å². The van der Waals surface area contributed by atoms with E-state index in [0.29, 0.717) is 5.69 Å². The first-order valence-corrected chi connectivity index (χ1v) is 9.96. The van der Waals surface area contributed by atoms with E-state index in [1.807, 2.05) is 6.92 Å². The Morgan fingerprint density at radius 2 is 1.95 bits per heavy atom. The van der Waals surface area contributed by atoms with E-state index in [0.717, 1.165) is 30.6 Å². The lowest BCUT2D eigenvalue weighted by Gasteiger charge is -2.24. The second-order valence-corrected chi connectivity index (χ2v) is 8.96. The van der Waals surface area contributed by atoms with E-state index in [2.05, 4.69) is 10.0 Å². The maximum Gasteiger partial charge on any atom is 0.240 e. The highest BCUT2D eigenvalue weighted by molar-refractivity contribution is 8.01. The Balaban J connectivity index is 1.82. The molecule has 1 fully saturated rings. The summed E-state index contributed by atoms with van der Waals surface area (Å²) in [6, 6.07) is 4.96. The molecule has 1 aromatic rings. The van der Waals surface area contributed by atoms with E-state index in [4.69, 9.17) is 0 Å². The number of hydrogen-bond acceptors (Lipinski definition) is 4. The number of carbonyl (C=O) groups excluding carboxylic acids is 1. The molecule has 0 aromatic heterocycles. The van der Waals surface area contributed by atoms with Crippen LogP contribution in [0.4, 0.5) is 5.69 Å². The van der Waals surface area contributed by atoms with Gasteiger partial charge >= 0.3 is 0 Å². The Kier molecular flexibility index (Phi) is 4.47. The van der Waals surface area contributed by atoms with Crippen molar-refractivity contribution in [3.05, 3.63) is 18.2 Å². The van der Waals surface area contributed by atoms with Crippen LogP contribution in [-0.4, -0.2) is 25.6 Å². The number of hydrogen-bond donors (Lipinski definition) is 2. The van der Waals surface area contributed by atoms with Crippen molar-refractivity contribution in [2.24, 2.45) is 0 Å². The number of amides is 1. The highest BCUT2D eigenvalue weighted by Crippen LogP contribution is 2.36. The average molecular weight is 340 g/mol. The van der Waals surface area contributed by atoms with Crippen molar-refractivity contribution in [2.75, 3.05) is 5.32 Å². The standard InChI is InChI=1S/C15H20N2O3S2/c1-10-15(18)16-13-9-12(7-8-14(13)21-10)22(19,20)17-11-5-3-2-4-6-11/h7-11,17H,2-6H2,1H3,(H,16,18). The van der Waals surface area contributed by atoms with Crippen LogP contribution < -0.4 is 10.0 Å². The number of benzene rings is 1. The third-order valence-electron chi connectivity index (χ3n) is 4.12. The lowest BCUT2D eigenvalue weighted by Crippen LogP contribution is -2.36. The van der Waals surface area contributed by atoms with Crippen LogP contribution in [0.5, 0.6) is 0 Å². The van der Waals surface area contributed by atoms with E-state index >= 15 is 0 Å². The van der Waals surface area contributed by atoms with Crippen LogP contribution in [0.15, 0.2) is 28.0 Å². The number of rotatable bonds is 3. The summed E-state index contributed by atoms with van der Waals surface area (Å²) in [5.74, 6) is -0.0905. The zero-order valence-electron chi connectivity index (χ0n) is 12.5. The predicted octanol–water partition coefficient (Wildman–Crippen LogP) is 2.73. The van der Waals surface area contributed by atoms with E-state index < -0.39 is 10.0 Å². The predicted molar refractivity (Wildman–Crippen MR) is 87.6 cm³/mol. The molecule has 120 valence electrons.